The summed E-state index contributed by atoms with van der Waals surface area (Å²) in [6.07, 6.45) is 2.48. The normalized spacial score (nSPS) is 18.7. The average molecular weight is 283 g/mol. The third-order valence-electron chi connectivity index (χ3n) is 3.13. The van der Waals surface area contributed by atoms with Gasteiger partial charge in [-0.05, 0) is 63.7 Å². The maximum absolute atomic E-state index is 3.63. The average Bonchev–Trinajstić information content (AvgIpc) is 2.20. The van der Waals surface area contributed by atoms with Gasteiger partial charge >= 0.3 is 0 Å². The number of benzene rings is 1. The van der Waals surface area contributed by atoms with Crippen molar-refractivity contribution >= 4 is 21.6 Å². The van der Waals surface area contributed by atoms with Crippen LogP contribution in [0.1, 0.15) is 18.4 Å². The molecule has 1 aromatic carbocycles. The number of anilines is 1. The van der Waals surface area contributed by atoms with Crippen molar-refractivity contribution < 1.29 is 0 Å². The van der Waals surface area contributed by atoms with E-state index in [0.717, 1.165) is 4.47 Å². The quantitative estimate of drug-likeness (QED) is 0.896. The molecule has 2 nitrogen and oxygen atoms in total. The van der Waals surface area contributed by atoms with Gasteiger partial charge in [-0.1, -0.05) is 15.9 Å². The van der Waals surface area contributed by atoms with Gasteiger partial charge in [0, 0.05) is 16.2 Å². The molecular weight excluding hydrogens is 264 g/mol. The summed E-state index contributed by atoms with van der Waals surface area (Å²) >= 11 is 3.54. The lowest BCUT2D eigenvalue weighted by Gasteiger charge is -2.30. The zero-order valence-corrected chi connectivity index (χ0v) is 11.5. The molecule has 1 N–H and O–H groups in total. The molecule has 0 aliphatic carbocycles. The number of nitrogens with one attached hydrogen (secondary N) is 1. The van der Waals surface area contributed by atoms with Crippen LogP contribution in [0.2, 0.25) is 0 Å². The Balaban J connectivity index is 1.98. The Kier molecular flexibility index (Phi) is 3.87. The fourth-order valence-electron chi connectivity index (χ4n) is 2.21. The minimum Gasteiger partial charge on any atom is -0.382 e. The summed E-state index contributed by atoms with van der Waals surface area (Å²) in [4.78, 5) is 2.39. The van der Waals surface area contributed by atoms with Crippen molar-refractivity contribution in [2.24, 2.45) is 0 Å². The van der Waals surface area contributed by atoms with Crippen molar-refractivity contribution in [2.45, 2.75) is 25.8 Å². The lowest BCUT2D eigenvalue weighted by Crippen LogP contribution is -2.36. The highest BCUT2D eigenvalue weighted by atomic mass is 79.9. The monoisotopic (exact) mass is 282 g/mol. The van der Waals surface area contributed by atoms with Crippen molar-refractivity contribution in [1.82, 2.24) is 4.90 Å². The number of rotatable bonds is 2. The molecule has 0 bridgehead atoms. The van der Waals surface area contributed by atoms with Gasteiger partial charge in [-0.3, -0.25) is 0 Å². The van der Waals surface area contributed by atoms with E-state index in [1.807, 2.05) is 0 Å². The maximum Gasteiger partial charge on any atom is 0.0356 e. The highest BCUT2D eigenvalue weighted by Crippen LogP contribution is 2.21. The molecule has 16 heavy (non-hydrogen) atoms. The second kappa shape index (κ2) is 5.19. The summed E-state index contributed by atoms with van der Waals surface area (Å²) in [5.74, 6) is 0. The van der Waals surface area contributed by atoms with Crippen LogP contribution in [0.3, 0.4) is 0 Å². The molecule has 2 rings (SSSR count). The first kappa shape index (κ1) is 11.9. The molecule has 1 fully saturated rings. The zero-order valence-electron chi connectivity index (χ0n) is 9.96. The largest absolute Gasteiger partial charge is 0.382 e. The highest BCUT2D eigenvalue weighted by molar-refractivity contribution is 9.10. The van der Waals surface area contributed by atoms with Crippen LogP contribution in [-0.2, 0) is 0 Å². The number of hydrogen-bond donors (Lipinski definition) is 1. The first-order chi connectivity index (χ1) is 7.63. The molecule has 0 radical (unpaired) electrons. The maximum atomic E-state index is 3.63. The van der Waals surface area contributed by atoms with Crippen LogP contribution < -0.4 is 5.32 Å². The number of hydrogen-bond acceptors (Lipinski definition) is 2. The molecule has 0 amide bonds. The van der Waals surface area contributed by atoms with Crippen LogP contribution in [0, 0.1) is 6.92 Å². The number of aryl methyl sites for hydroxylation is 1. The minimum absolute atomic E-state index is 0.630. The van der Waals surface area contributed by atoms with Gasteiger partial charge in [-0.15, -0.1) is 0 Å². The Morgan fingerprint density at radius 3 is 2.56 bits per heavy atom. The van der Waals surface area contributed by atoms with E-state index < -0.39 is 0 Å². The summed E-state index contributed by atoms with van der Waals surface area (Å²) in [6.45, 7) is 4.53. The smallest absolute Gasteiger partial charge is 0.0356 e. The van der Waals surface area contributed by atoms with Crippen molar-refractivity contribution in [3.63, 3.8) is 0 Å². The molecule has 3 heteroatoms. The summed E-state index contributed by atoms with van der Waals surface area (Å²) < 4.78 is 1.16. The first-order valence-electron chi connectivity index (χ1n) is 5.86. The van der Waals surface area contributed by atoms with Gasteiger partial charge in [0.25, 0.3) is 0 Å². The first-order valence-corrected chi connectivity index (χ1v) is 6.65. The predicted molar refractivity (Wildman–Crippen MR) is 73.0 cm³/mol. The highest BCUT2D eigenvalue weighted by Gasteiger charge is 2.16. The topological polar surface area (TPSA) is 15.3 Å². The molecule has 0 atom stereocenters. The lowest BCUT2D eigenvalue weighted by molar-refractivity contribution is 0.264. The second-order valence-electron chi connectivity index (χ2n) is 4.74. The van der Waals surface area contributed by atoms with Crippen LogP contribution in [0.5, 0.6) is 0 Å². The van der Waals surface area contributed by atoms with Crippen molar-refractivity contribution in [3.05, 3.63) is 28.2 Å². The van der Waals surface area contributed by atoms with Gasteiger partial charge in [-0.25, -0.2) is 0 Å². The number of halogens is 1. The summed E-state index contributed by atoms with van der Waals surface area (Å²) in [7, 11) is 2.19. The molecule has 1 aliphatic heterocycles. The number of likely N-dealkylation sites (tertiary alicyclic amines) is 1. The van der Waals surface area contributed by atoms with Gasteiger partial charge in [0.05, 0.1) is 0 Å². The second-order valence-corrected chi connectivity index (χ2v) is 5.65. The van der Waals surface area contributed by atoms with E-state index >= 15 is 0 Å². The van der Waals surface area contributed by atoms with E-state index in [-0.39, 0.29) is 0 Å². The van der Waals surface area contributed by atoms with Gasteiger partial charge in [0.15, 0.2) is 0 Å². The van der Waals surface area contributed by atoms with Crippen molar-refractivity contribution in [1.29, 1.82) is 0 Å². The molecule has 0 unspecified atom stereocenters. The zero-order chi connectivity index (χ0) is 11.5. The van der Waals surface area contributed by atoms with Crippen LogP contribution in [-0.4, -0.2) is 31.1 Å². The summed E-state index contributed by atoms with van der Waals surface area (Å²) in [6, 6.07) is 7.14. The molecule has 0 spiro atoms. The Hall–Kier alpha value is -0.540. The Labute approximate surface area is 106 Å². The fourth-order valence-corrected chi connectivity index (χ4v) is 2.82. The predicted octanol–water partition coefficient (Wildman–Crippen LogP) is 3.26. The van der Waals surface area contributed by atoms with Crippen molar-refractivity contribution in [2.75, 3.05) is 25.5 Å². The number of nitrogens with zero attached hydrogens (tertiary/aromatic N) is 1. The molecule has 0 aromatic heterocycles. The third kappa shape index (κ3) is 3.22. The van der Waals surface area contributed by atoms with E-state index in [1.165, 1.54) is 37.2 Å². The van der Waals surface area contributed by atoms with E-state index in [2.05, 4.69) is 58.3 Å². The molecule has 88 valence electrons. The standard InChI is InChI=1S/C13H19BrN2/c1-10-7-11(14)9-13(8-10)15-12-3-5-16(2)6-4-12/h7-9,12,15H,3-6H2,1-2H3. The SMILES string of the molecule is Cc1cc(Br)cc(NC2CCN(C)CC2)c1. The van der Waals surface area contributed by atoms with Crippen LogP contribution in [0.25, 0.3) is 0 Å². The fraction of sp³-hybridized carbons (Fsp3) is 0.538. The van der Waals surface area contributed by atoms with Gasteiger partial charge in [0.2, 0.25) is 0 Å². The van der Waals surface area contributed by atoms with Gasteiger partial charge in [0.1, 0.15) is 0 Å². The van der Waals surface area contributed by atoms with Crippen LogP contribution in [0.4, 0.5) is 5.69 Å². The van der Waals surface area contributed by atoms with Gasteiger partial charge in [-0.2, -0.15) is 0 Å². The van der Waals surface area contributed by atoms with Crippen molar-refractivity contribution in [3.8, 4) is 0 Å². The Bertz CT molecular complexity index is 337. The Morgan fingerprint density at radius 1 is 1.25 bits per heavy atom. The van der Waals surface area contributed by atoms with E-state index in [1.54, 1.807) is 0 Å². The molecule has 1 heterocycles. The molecule has 1 aromatic rings. The minimum atomic E-state index is 0.630. The molecule has 0 saturated carbocycles. The molecular formula is C13H19BrN2. The Morgan fingerprint density at radius 2 is 1.94 bits per heavy atom. The molecule has 1 aliphatic rings. The molecule has 1 saturated heterocycles. The summed E-state index contributed by atoms with van der Waals surface area (Å²) in [5, 5.41) is 3.63. The van der Waals surface area contributed by atoms with E-state index in [9.17, 15) is 0 Å². The third-order valence-corrected chi connectivity index (χ3v) is 3.59. The van der Waals surface area contributed by atoms with Crippen LogP contribution >= 0.6 is 15.9 Å². The van der Waals surface area contributed by atoms with Crippen LogP contribution in [0.15, 0.2) is 22.7 Å². The number of piperidine rings is 1. The lowest BCUT2D eigenvalue weighted by atomic mass is 10.0. The van der Waals surface area contributed by atoms with E-state index in [0.29, 0.717) is 6.04 Å². The van der Waals surface area contributed by atoms with Gasteiger partial charge < -0.3 is 10.2 Å². The van der Waals surface area contributed by atoms with E-state index in [4.69, 9.17) is 0 Å². The summed E-state index contributed by atoms with van der Waals surface area (Å²) in [5.41, 5.74) is 2.53.